The quantitative estimate of drug-likeness (QED) is 0.0708. The summed E-state index contributed by atoms with van der Waals surface area (Å²) in [7, 11) is 1.61. The van der Waals surface area contributed by atoms with Crippen LogP contribution in [0.3, 0.4) is 0 Å². The minimum atomic E-state index is -1.27. The minimum absolute atomic E-state index is 0.0717. The maximum absolute atomic E-state index is 13.7. The molecule has 2 aromatic heterocycles. The Morgan fingerprint density at radius 3 is 1.74 bits per heavy atom. The lowest BCUT2D eigenvalue weighted by Gasteiger charge is -2.30. The van der Waals surface area contributed by atoms with Crippen LogP contribution in [0.5, 0.6) is 5.75 Å². The number of aromatic hydroxyl groups is 1. The summed E-state index contributed by atoms with van der Waals surface area (Å²) in [6.07, 6.45) is 5.75. The zero-order valence-corrected chi connectivity index (χ0v) is 32.4. The van der Waals surface area contributed by atoms with E-state index in [-0.39, 0.29) is 48.0 Å². The Morgan fingerprint density at radius 2 is 1.26 bits per heavy atom. The molecule has 7 rings (SSSR count). The summed E-state index contributed by atoms with van der Waals surface area (Å²) in [5.41, 5.74) is 6.50. The van der Waals surface area contributed by atoms with Crippen molar-refractivity contribution in [3.63, 3.8) is 0 Å². The molecule has 57 heavy (non-hydrogen) atoms. The molecule has 2 saturated heterocycles. The van der Waals surface area contributed by atoms with E-state index >= 15 is 0 Å². The van der Waals surface area contributed by atoms with E-state index < -0.39 is 12.1 Å². The first-order valence-electron chi connectivity index (χ1n) is 19.5. The highest BCUT2D eigenvalue weighted by Crippen LogP contribution is 2.35. The third-order valence-electron chi connectivity index (χ3n) is 11.0. The van der Waals surface area contributed by atoms with Gasteiger partial charge in [-0.25, -0.2) is 14.8 Å². The Bertz CT molecular complexity index is 2150. The highest BCUT2D eigenvalue weighted by molar-refractivity contribution is 5.86. The summed E-state index contributed by atoms with van der Waals surface area (Å²) in [6.45, 7) is 5.58. The number of hydrogen-bond acceptors (Lipinski definition) is 8. The third kappa shape index (κ3) is 8.87. The Labute approximate surface area is 331 Å². The maximum atomic E-state index is 13.7. The molecule has 4 heterocycles. The fourth-order valence-electron chi connectivity index (χ4n) is 8.00. The van der Waals surface area contributed by atoms with Gasteiger partial charge in [-0.1, -0.05) is 74.5 Å². The van der Waals surface area contributed by atoms with Crippen LogP contribution in [0.4, 0.5) is 4.79 Å². The van der Waals surface area contributed by atoms with Gasteiger partial charge in [-0.05, 0) is 71.6 Å². The molecule has 2 aliphatic rings. The number of phenolic OH excluding ortho intramolecular Hbond substituents is 1. The molecule has 298 valence electrons. The molecule has 0 radical (unpaired) electrons. The van der Waals surface area contributed by atoms with E-state index in [4.69, 9.17) is 9.72 Å². The number of ether oxygens (including phenoxy) is 1. The molecule has 3 amide bonds. The lowest BCUT2D eigenvalue weighted by molar-refractivity contribution is -0.136. The zero-order valence-electron chi connectivity index (χ0n) is 32.4. The topological polar surface area (TPSA) is 189 Å². The summed E-state index contributed by atoms with van der Waals surface area (Å²) in [6, 6.07) is 21.2. The summed E-state index contributed by atoms with van der Waals surface area (Å²) in [5.74, 6) is 1.43. The van der Waals surface area contributed by atoms with E-state index in [0.29, 0.717) is 32.1 Å². The molecule has 2 aliphatic heterocycles. The number of nitrogens with zero attached hydrogens (tertiary/aromatic N) is 4. The van der Waals surface area contributed by atoms with Gasteiger partial charge in [-0.15, -0.1) is 0 Å². The number of phenols is 1. The molecule has 1 unspecified atom stereocenters. The van der Waals surface area contributed by atoms with Crippen molar-refractivity contribution in [2.24, 2.45) is 5.92 Å². The first-order chi connectivity index (χ1) is 27.6. The van der Waals surface area contributed by atoms with Gasteiger partial charge in [0.05, 0.1) is 48.6 Å². The second kappa shape index (κ2) is 17.4. The third-order valence-corrected chi connectivity index (χ3v) is 11.0. The zero-order chi connectivity index (χ0) is 40.1. The Morgan fingerprint density at radius 1 is 0.772 bits per heavy atom. The van der Waals surface area contributed by atoms with E-state index in [1.807, 2.05) is 37.1 Å². The van der Waals surface area contributed by atoms with Crippen LogP contribution in [0.25, 0.3) is 33.6 Å². The average Bonchev–Trinajstić information content (AvgIpc) is 4.05. The molecule has 0 saturated carbocycles. The first kappa shape index (κ1) is 39.3. The summed E-state index contributed by atoms with van der Waals surface area (Å²) < 4.78 is 5.18. The summed E-state index contributed by atoms with van der Waals surface area (Å²) in [5, 5.41) is 24.8. The number of nitrogens with one attached hydrogen (secondary N) is 4. The van der Waals surface area contributed by atoms with Gasteiger partial charge < -0.3 is 40.0 Å². The lowest BCUT2D eigenvalue weighted by Crippen LogP contribution is -2.49. The van der Waals surface area contributed by atoms with Gasteiger partial charge in [0.15, 0.2) is 0 Å². The van der Waals surface area contributed by atoms with Gasteiger partial charge in [-0.2, -0.15) is 0 Å². The number of rotatable bonds is 14. The van der Waals surface area contributed by atoms with Crippen molar-refractivity contribution in [1.29, 1.82) is 0 Å². The molecule has 14 nitrogen and oxygen atoms in total. The predicted molar refractivity (Wildman–Crippen MR) is 215 cm³/mol. The number of benzene rings is 3. The van der Waals surface area contributed by atoms with Gasteiger partial charge in [0.25, 0.3) is 0 Å². The molecule has 2 fully saturated rings. The molecule has 4 atom stereocenters. The fourth-order valence-corrected chi connectivity index (χ4v) is 8.00. The number of H-pyrrole nitrogens is 2. The van der Waals surface area contributed by atoms with Crippen molar-refractivity contribution < 1.29 is 29.3 Å². The van der Waals surface area contributed by atoms with E-state index in [1.165, 1.54) is 12.1 Å². The highest BCUT2D eigenvalue weighted by atomic mass is 16.5. The van der Waals surface area contributed by atoms with Crippen molar-refractivity contribution in [2.45, 2.75) is 70.1 Å². The van der Waals surface area contributed by atoms with Crippen LogP contribution >= 0.6 is 0 Å². The van der Waals surface area contributed by atoms with Crippen molar-refractivity contribution in [3.05, 3.63) is 102 Å². The number of hydrogen-bond donors (Lipinski definition) is 6. The van der Waals surface area contributed by atoms with Crippen LogP contribution in [-0.4, -0.2) is 96.9 Å². The van der Waals surface area contributed by atoms with Crippen LogP contribution in [0, 0.1) is 5.92 Å². The molecular formula is C43H50N8O6. The molecule has 3 aromatic carbocycles. The second-order valence-electron chi connectivity index (χ2n) is 15.1. The van der Waals surface area contributed by atoms with E-state index in [9.17, 15) is 24.6 Å². The number of imidazole rings is 2. The minimum Gasteiger partial charge on any atom is -0.508 e. The Balaban J connectivity index is 0.997. The van der Waals surface area contributed by atoms with E-state index in [2.05, 4.69) is 62.0 Å². The summed E-state index contributed by atoms with van der Waals surface area (Å²) in [4.78, 5) is 58.8. The highest BCUT2D eigenvalue weighted by Gasteiger charge is 2.38. The van der Waals surface area contributed by atoms with Crippen molar-refractivity contribution in [3.8, 4) is 39.4 Å². The molecule has 14 heteroatoms. The molecule has 5 aromatic rings. The lowest BCUT2D eigenvalue weighted by atomic mass is 10.0. The molecular weight excluding hydrogens is 725 g/mol. The number of aromatic amines is 2. The molecule has 0 aliphatic carbocycles. The van der Waals surface area contributed by atoms with Crippen molar-refractivity contribution >= 4 is 17.9 Å². The van der Waals surface area contributed by atoms with Crippen LogP contribution in [0.2, 0.25) is 0 Å². The monoisotopic (exact) mass is 774 g/mol. The van der Waals surface area contributed by atoms with Gasteiger partial charge in [0.2, 0.25) is 11.8 Å². The normalized spacial score (nSPS) is 17.9. The number of amides is 3. The molecule has 0 spiro atoms. The number of methoxy groups -OCH3 is 1. The van der Waals surface area contributed by atoms with Crippen LogP contribution in [0.15, 0.2) is 85.2 Å². The van der Waals surface area contributed by atoms with Gasteiger partial charge in [0.1, 0.15) is 23.4 Å². The van der Waals surface area contributed by atoms with Gasteiger partial charge in [0, 0.05) is 26.6 Å². The number of carbonyl (C=O) groups is 3. The predicted octanol–water partition coefficient (Wildman–Crippen LogP) is 6.26. The number of carbonyl (C=O) groups excluding carboxylic acids is 2. The Kier molecular flexibility index (Phi) is 12.0. The Hall–Kier alpha value is -5.99. The van der Waals surface area contributed by atoms with Gasteiger partial charge >= 0.3 is 6.09 Å². The fraction of sp³-hybridized carbons (Fsp3) is 0.372. The van der Waals surface area contributed by atoms with Gasteiger partial charge in [-0.3, -0.25) is 14.9 Å². The number of aromatic nitrogens is 4. The van der Waals surface area contributed by atoms with Crippen LogP contribution < -0.4 is 10.6 Å². The van der Waals surface area contributed by atoms with Crippen LogP contribution in [-0.2, 0) is 20.7 Å². The second-order valence-corrected chi connectivity index (χ2v) is 15.1. The number of carboxylic acid groups (broad SMARTS) is 1. The largest absolute Gasteiger partial charge is 0.508 e. The SMILES string of the molecule is COCN[C@H](C(=O)N1CCCC1c1ncc(-c2ccc(-c3ccc(-c4cnc([C@@H]5CCCN5C(=O)[C@H](Cc5ccc(O)cc5)NC(=O)O)[nH]4)cc3)cc2)[nH]1)C(C)C. The standard InChI is InChI=1S/C43H50N8O6/c1-26(2)38(46-25-57-3)42(54)51-21-5-7-37(51)40-45-24-35(48-40)31-16-12-29(13-17-31)28-10-14-30(15-11-28)34-23-44-39(47-34)36-6-4-20-50(36)41(53)33(49-43(55)56)22-27-8-18-32(52)19-9-27/h8-19,23-24,26,33,36-38,46,49,52H,4-7,20-22,25H2,1-3H3,(H,44,47)(H,45,48)(H,55,56)/t33-,36-,37?,38-/m0/s1. The van der Waals surface area contributed by atoms with Crippen LogP contribution in [0.1, 0.15) is 68.8 Å². The van der Waals surface area contributed by atoms with Crippen molar-refractivity contribution in [2.75, 3.05) is 26.9 Å². The summed E-state index contributed by atoms with van der Waals surface area (Å²) >= 11 is 0. The average molecular weight is 775 g/mol. The maximum Gasteiger partial charge on any atom is 0.405 e. The van der Waals surface area contributed by atoms with Crippen molar-refractivity contribution in [1.82, 2.24) is 40.4 Å². The number of likely N-dealkylation sites (tertiary alicyclic amines) is 2. The molecule has 0 bridgehead atoms. The first-order valence-corrected chi connectivity index (χ1v) is 19.5. The van der Waals surface area contributed by atoms with E-state index in [0.717, 1.165) is 64.3 Å². The molecule has 6 N–H and O–H groups in total. The van der Waals surface area contributed by atoms with E-state index in [1.54, 1.807) is 30.3 Å². The smallest absolute Gasteiger partial charge is 0.405 e.